The maximum atomic E-state index is 14.2. The summed E-state index contributed by atoms with van der Waals surface area (Å²) in [6, 6.07) is 11.5. The van der Waals surface area contributed by atoms with Gasteiger partial charge in [-0.25, -0.2) is 4.39 Å². The average molecular weight is 353 g/mol. The van der Waals surface area contributed by atoms with Gasteiger partial charge in [0.15, 0.2) is 11.5 Å². The quantitative estimate of drug-likeness (QED) is 0.788. The van der Waals surface area contributed by atoms with Crippen molar-refractivity contribution in [1.29, 1.82) is 0 Å². The van der Waals surface area contributed by atoms with Gasteiger partial charge in [0.05, 0.1) is 0 Å². The number of likely N-dealkylation sites (tertiary alicyclic amines) is 1. The van der Waals surface area contributed by atoms with Crippen molar-refractivity contribution < 1.29 is 13.9 Å². The molecular formula is C22H24FNO2. The standard InChI is InChI=1S/C22H24FNO2/c1-22(24-12-10-15(13-24)16-5-2-3-7-19(16)23)11-4-6-17-18(22)8-9-20-21(17)26-14-25-20/h2-3,5,7-9,15H,4,6,10-14H2,1H3. The van der Waals surface area contributed by atoms with E-state index in [4.69, 9.17) is 9.47 Å². The second-order valence-electron chi connectivity index (χ2n) is 7.91. The summed E-state index contributed by atoms with van der Waals surface area (Å²) >= 11 is 0. The highest BCUT2D eigenvalue weighted by atomic mass is 19.1. The second-order valence-corrected chi connectivity index (χ2v) is 7.91. The van der Waals surface area contributed by atoms with Crippen molar-refractivity contribution in [3.05, 3.63) is 58.9 Å². The Labute approximate surface area is 153 Å². The van der Waals surface area contributed by atoms with Gasteiger partial charge in [-0.3, -0.25) is 4.90 Å². The van der Waals surface area contributed by atoms with Crippen LogP contribution in [0.5, 0.6) is 11.5 Å². The molecule has 0 bridgehead atoms. The minimum atomic E-state index is -0.0723. The van der Waals surface area contributed by atoms with Gasteiger partial charge in [-0.15, -0.1) is 0 Å². The molecule has 2 atom stereocenters. The van der Waals surface area contributed by atoms with Gasteiger partial charge in [0, 0.05) is 23.6 Å². The Morgan fingerprint density at radius 1 is 1.15 bits per heavy atom. The maximum absolute atomic E-state index is 14.2. The van der Waals surface area contributed by atoms with E-state index in [0.717, 1.165) is 55.8 Å². The topological polar surface area (TPSA) is 21.7 Å². The van der Waals surface area contributed by atoms with Crippen molar-refractivity contribution in [1.82, 2.24) is 4.90 Å². The van der Waals surface area contributed by atoms with Crippen LogP contribution in [0.25, 0.3) is 0 Å². The van der Waals surface area contributed by atoms with Crippen LogP contribution in [-0.2, 0) is 12.0 Å². The molecule has 3 aliphatic rings. The van der Waals surface area contributed by atoms with E-state index in [0.29, 0.717) is 6.79 Å². The molecule has 2 aromatic carbocycles. The molecule has 3 nitrogen and oxygen atoms in total. The fourth-order valence-corrected chi connectivity index (χ4v) is 5.12. The maximum Gasteiger partial charge on any atom is 0.231 e. The first-order valence-corrected chi connectivity index (χ1v) is 9.58. The molecule has 136 valence electrons. The van der Waals surface area contributed by atoms with Crippen molar-refractivity contribution in [2.45, 2.75) is 44.1 Å². The number of fused-ring (bicyclic) bond motifs is 3. The molecule has 1 saturated heterocycles. The van der Waals surface area contributed by atoms with Crippen molar-refractivity contribution in [2.24, 2.45) is 0 Å². The smallest absolute Gasteiger partial charge is 0.231 e. The van der Waals surface area contributed by atoms with Crippen LogP contribution in [0.3, 0.4) is 0 Å². The molecule has 0 amide bonds. The molecular weight excluding hydrogens is 329 g/mol. The Balaban J connectivity index is 1.47. The number of halogens is 1. The van der Waals surface area contributed by atoms with E-state index >= 15 is 0 Å². The fourth-order valence-electron chi connectivity index (χ4n) is 5.12. The van der Waals surface area contributed by atoms with Gasteiger partial charge in [0.25, 0.3) is 0 Å². The van der Waals surface area contributed by atoms with Crippen molar-refractivity contribution in [3.63, 3.8) is 0 Å². The Morgan fingerprint density at radius 2 is 2.04 bits per heavy atom. The molecule has 2 heterocycles. The Kier molecular flexibility index (Phi) is 3.71. The van der Waals surface area contributed by atoms with Crippen LogP contribution in [0.1, 0.15) is 48.8 Å². The number of benzene rings is 2. The Hall–Kier alpha value is -2.07. The largest absolute Gasteiger partial charge is 0.454 e. The van der Waals surface area contributed by atoms with Gasteiger partial charge in [-0.05, 0) is 62.4 Å². The summed E-state index contributed by atoms with van der Waals surface area (Å²) in [6.07, 6.45) is 4.33. The molecule has 0 radical (unpaired) electrons. The number of hydrogen-bond donors (Lipinski definition) is 0. The van der Waals surface area contributed by atoms with Gasteiger partial charge in [-0.2, -0.15) is 0 Å². The minimum Gasteiger partial charge on any atom is -0.454 e. The molecule has 0 N–H and O–H groups in total. The molecule has 2 aliphatic heterocycles. The molecule has 0 spiro atoms. The highest BCUT2D eigenvalue weighted by Crippen LogP contribution is 2.49. The normalized spacial score (nSPS) is 27.5. The fraction of sp³-hybridized carbons (Fsp3) is 0.455. The second kappa shape index (κ2) is 5.98. The van der Waals surface area contributed by atoms with Crippen LogP contribution in [0.4, 0.5) is 4.39 Å². The van der Waals surface area contributed by atoms with Crippen molar-refractivity contribution in [3.8, 4) is 11.5 Å². The minimum absolute atomic E-state index is 0.0193. The lowest BCUT2D eigenvalue weighted by Gasteiger charge is -2.43. The van der Waals surface area contributed by atoms with Crippen LogP contribution in [0, 0.1) is 5.82 Å². The SMILES string of the molecule is CC1(N2CCC(c3ccccc3F)C2)CCCc2c1ccc1c2OCO1. The van der Waals surface area contributed by atoms with E-state index in [2.05, 4.69) is 24.0 Å². The zero-order valence-corrected chi connectivity index (χ0v) is 15.1. The molecule has 2 unspecified atom stereocenters. The first kappa shape index (κ1) is 16.1. The first-order chi connectivity index (χ1) is 12.7. The monoisotopic (exact) mass is 353 g/mol. The van der Waals surface area contributed by atoms with E-state index in [1.54, 1.807) is 12.1 Å². The predicted octanol–water partition coefficient (Wildman–Crippen LogP) is 4.60. The van der Waals surface area contributed by atoms with Gasteiger partial charge in [0.2, 0.25) is 6.79 Å². The number of hydrogen-bond acceptors (Lipinski definition) is 3. The molecule has 0 aromatic heterocycles. The third kappa shape index (κ3) is 2.35. The van der Waals surface area contributed by atoms with Crippen LogP contribution in [0.2, 0.25) is 0 Å². The average Bonchev–Trinajstić information content (AvgIpc) is 3.32. The zero-order valence-electron chi connectivity index (χ0n) is 15.1. The molecule has 5 rings (SSSR count). The highest BCUT2D eigenvalue weighted by molar-refractivity contribution is 5.55. The van der Waals surface area contributed by atoms with Crippen LogP contribution >= 0.6 is 0 Å². The lowest BCUT2D eigenvalue weighted by atomic mass is 9.76. The van der Waals surface area contributed by atoms with Gasteiger partial charge >= 0.3 is 0 Å². The summed E-state index contributed by atoms with van der Waals surface area (Å²) in [4.78, 5) is 2.56. The molecule has 26 heavy (non-hydrogen) atoms. The van der Waals surface area contributed by atoms with Crippen LogP contribution in [-0.4, -0.2) is 24.8 Å². The third-order valence-corrected chi connectivity index (χ3v) is 6.54. The third-order valence-electron chi connectivity index (χ3n) is 6.54. The van der Waals surface area contributed by atoms with E-state index in [9.17, 15) is 4.39 Å². The lowest BCUT2D eigenvalue weighted by molar-refractivity contribution is 0.110. The Morgan fingerprint density at radius 3 is 2.92 bits per heavy atom. The summed E-state index contributed by atoms with van der Waals surface area (Å²) in [5.74, 6) is 2.02. The number of nitrogens with zero attached hydrogens (tertiary/aromatic N) is 1. The van der Waals surface area contributed by atoms with Crippen molar-refractivity contribution >= 4 is 0 Å². The van der Waals surface area contributed by atoms with Gasteiger partial charge in [-0.1, -0.05) is 24.3 Å². The molecule has 1 fully saturated rings. The summed E-state index contributed by atoms with van der Waals surface area (Å²) in [6.45, 7) is 4.58. The first-order valence-electron chi connectivity index (χ1n) is 9.58. The van der Waals surface area contributed by atoms with Gasteiger partial charge < -0.3 is 9.47 Å². The predicted molar refractivity (Wildman–Crippen MR) is 98.2 cm³/mol. The summed E-state index contributed by atoms with van der Waals surface area (Å²) in [5, 5.41) is 0. The molecule has 0 saturated carbocycles. The Bertz CT molecular complexity index is 852. The summed E-state index contributed by atoms with van der Waals surface area (Å²) in [5.41, 5.74) is 3.51. The van der Waals surface area contributed by atoms with Crippen molar-refractivity contribution in [2.75, 3.05) is 19.9 Å². The summed E-state index contributed by atoms with van der Waals surface area (Å²) < 4.78 is 25.6. The van der Waals surface area contributed by atoms with Crippen LogP contribution in [0.15, 0.2) is 36.4 Å². The lowest BCUT2D eigenvalue weighted by Crippen LogP contribution is -2.44. The molecule has 2 aromatic rings. The number of rotatable bonds is 2. The van der Waals surface area contributed by atoms with E-state index in [1.807, 2.05) is 12.1 Å². The molecule has 4 heteroatoms. The zero-order chi connectivity index (χ0) is 17.7. The summed E-state index contributed by atoms with van der Waals surface area (Å²) in [7, 11) is 0. The van der Waals surface area contributed by atoms with E-state index in [-0.39, 0.29) is 17.3 Å². The highest BCUT2D eigenvalue weighted by Gasteiger charge is 2.43. The van der Waals surface area contributed by atoms with E-state index < -0.39 is 0 Å². The molecule has 1 aliphatic carbocycles. The van der Waals surface area contributed by atoms with Crippen LogP contribution < -0.4 is 9.47 Å². The number of ether oxygens (including phenoxy) is 2. The van der Waals surface area contributed by atoms with E-state index in [1.165, 1.54) is 11.1 Å². The van der Waals surface area contributed by atoms with Gasteiger partial charge in [0.1, 0.15) is 5.82 Å².